The van der Waals surface area contributed by atoms with Crippen molar-refractivity contribution in [2.24, 2.45) is 0 Å². The molecule has 8 heteroatoms. The molecule has 5 aromatic rings. The Labute approximate surface area is 180 Å². The summed E-state index contributed by atoms with van der Waals surface area (Å²) in [5.74, 6) is 0.754. The Morgan fingerprint density at radius 3 is 2.45 bits per heavy atom. The van der Waals surface area contributed by atoms with Crippen LogP contribution in [0.15, 0.2) is 93.3 Å². The van der Waals surface area contributed by atoms with Crippen LogP contribution in [-0.4, -0.2) is 19.7 Å². The van der Waals surface area contributed by atoms with Gasteiger partial charge in [-0.15, -0.1) is 0 Å². The molecule has 0 radical (unpaired) electrons. The van der Waals surface area contributed by atoms with Gasteiger partial charge in [0.15, 0.2) is 5.16 Å². The van der Waals surface area contributed by atoms with E-state index in [1.807, 2.05) is 48.5 Å². The SMILES string of the molecule is O=c1c2ccccc2nc(SCc2nc(-c3ccc(F)cc3)no2)n1-c1ccccc1. The summed E-state index contributed by atoms with van der Waals surface area (Å²) in [6.07, 6.45) is 0. The summed E-state index contributed by atoms with van der Waals surface area (Å²) in [6, 6.07) is 22.5. The number of thioether (sulfide) groups is 1. The molecule has 0 aliphatic carbocycles. The molecule has 2 aromatic heterocycles. The molecule has 0 atom stereocenters. The van der Waals surface area contributed by atoms with E-state index >= 15 is 0 Å². The molecule has 0 unspecified atom stereocenters. The first-order valence-electron chi connectivity index (χ1n) is 9.47. The van der Waals surface area contributed by atoms with E-state index in [0.29, 0.717) is 39.1 Å². The molecule has 0 aliphatic rings. The summed E-state index contributed by atoms with van der Waals surface area (Å²) in [7, 11) is 0. The summed E-state index contributed by atoms with van der Waals surface area (Å²) in [5, 5.41) is 5.04. The van der Waals surface area contributed by atoms with Crippen LogP contribution in [0.3, 0.4) is 0 Å². The highest BCUT2D eigenvalue weighted by Crippen LogP contribution is 2.25. The van der Waals surface area contributed by atoms with Crippen LogP contribution >= 0.6 is 11.8 Å². The number of hydrogen-bond donors (Lipinski definition) is 0. The fourth-order valence-electron chi connectivity index (χ4n) is 3.17. The van der Waals surface area contributed by atoms with Crippen molar-refractivity contribution in [3.05, 3.63) is 101 Å². The standard InChI is InChI=1S/C23H15FN4O2S/c24-16-12-10-15(11-13-16)21-26-20(30-27-21)14-31-23-25-19-9-5-4-8-18(19)22(29)28(23)17-6-2-1-3-7-17/h1-13H,14H2. The number of hydrogen-bond acceptors (Lipinski definition) is 6. The predicted octanol–water partition coefficient (Wildman–Crippen LogP) is 4.87. The van der Waals surface area contributed by atoms with Crippen molar-refractivity contribution in [1.82, 2.24) is 19.7 Å². The van der Waals surface area contributed by atoms with Crippen molar-refractivity contribution < 1.29 is 8.91 Å². The maximum atomic E-state index is 13.2. The van der Waals surface area contributed by atoms with E-state index < -0.39 is 0 Å². The number of para-hydroxylation sites is 2. The monoisotopic (exact) mass is 430 g/mol. The molecule has 0 fully saturated rings. The summed E-state index contributed by atoms with van der Waals surface area (Å²) in [6.45, 7) is 0. The molecule has 5 rings (SSSR count). The molecule has 2 heterocycles. The van der Waals surface area contributed by atoms with Crippen LogP contribution in [0, 0.1) is 5.82 Å². The minimum Gasteiger partial charge on any atom is -0.338 e. The normalized spacial score (nSPS) is 11.1. The molecule has 0 N–H and O–H groups in total. The quantitative estimate of drug-likeness (QED) is 0.293. The van der Waals surface area contributed by atoms with Crippen LogP contribution < -0.4 is 5.56 Å². The molecule has 152 valence electrons. The summed E-state index contributed by atoms with van der Waals surface area (Å²) < 4.78 is 20.1. The third kappa shape index (κ3) is 3.85. The van der Waals surface area contributed by atoms with Gasteiger partial charge >= 0.3 is 0 Å². The first-order valence-corrected chi connectivity index (χ1v) is 10.5. The average Bonchev–Trinajstić information content (AvgIpc) is 3.28. The van der Waals surface area contributed by atoms with E-state index in [0.717, 1.165) is 5.69 Å². The Balaban J connectivity index is 1.49. The van der Waals surface area contributed by atoms with Gasteiger partial charge < -0.3 is 4.52 Å². The fourth-order valence-corrected chi connectivity index (χ4v) is 4.02. The Kier molecular flexibility index (Phi) is 5.05. The van der Waals surface area contributed by atoms with Gasteiger partial charge in [0.25, 0.3) is 5.56 Å². The number of halogens is 1. The van der Waals surface area contributed by atoms with Crippen molar-refractivity contribution in [3.63, 3.8) is 0 Å². The second-order valence-corrected chi connectivity index (χ2v) is 7.64. The van der Waals surface area contributed by atoms with Gasteiger partial charge in [-0.25, -0.2) is 9.37 Å². The third-order valence-corrected chi connectivity index (χ3v) is 5.58. The lowest BCUT2D eigenvalue weighted by molar-refractivity contribution is 0.391. The predicted molar refractivity (Wildman–Crippen MR) is 117 cm³/mol. The lowest BCUT2D eigenvalue weighted by Gasteiger charge is -2.12. The highest BCUT2D eigenvalue weighted by Gasteiger charge is 2.15. The Morgan fingerprint density at radius 1 is 0.903 bits per heavy atom. The van der Waals surface area contributed by atoms with Crippen molar-refractivity contribution in [1.29, 1.82) is 0 Å². The Morgan fingerprint density at radius 2 is 1.65 bits per heavy atom. The van der Waals surface area contributed by atoms with Crippen molar-refractivity contribution >= 4 is 22.7 Å². The zero-order chi connectivity index (χ0) is 21.2. The second-order valence-electron chi connectivity index (χ2n) is 6.69. The maximum Gasteiger partial charge on any atom is 0.266 e. The van der Waals surface area contributed by atoms with Crippen molar-refractivity contribution in [2.75, 3.05) is 0 Å². The van der Waals surface area contributed by atoms with Crippen LogP contribution in [0.25, 0.3) is 28.0 Å². The molecular weight excluding hydrogens is 415 g/mol. The highest BCUT2D eigenvalue weighted by atomic mass is 32.2. The van der Waals surface area contributed by atoms with Crippen LogP contribution in [0.2, 0.25) is 0 Å². The molecule has 31 heavy (non-hydrogen) atoms. The van der Waals surface area contributed by atoms with E-state index in [1.54, 1.807) is 22.8 Å². The molecule has 0 amide bonds. The van der Waals surface area contributed by atoms with E-state index in [-0.39, 0.29) is 11.4 Å². The molecule has 6 nitrogen and oxygen atoms in total. The lowest BCUT2D eigenvalue weighted by atomic mass is 10.2. The van der Waals surface area contributed by atoms with Gasteiger partial charge in [-0.3, -0.25) is 9.36 Å². The zero-order valence-corrected chi connectivity index (χ0v) is 16.9. The molecule has 0 saturated carbocycles. The van der Waals surface area contributed by atoms with E-state index in [4.69, 9.17) is 9.51 Å². The number of rotatable bonds is 5. The maximum absolute atomic E-state index is 13.2. The molecule has 0 aliphatic heterocycles. The van der Waals surface area contributed by atoms with Crippen LogP contribution in [0.1, 0.15) is 5.89 Å². The van der Waals surface area contributed by atoms with E-state index in [2.05, 4.69) is 10.1 Å². The van der Waals surface area contributed by atoms with Gasteiger partial charge in [0.1, 0.15) is 5.82 Å². The number of aromatic nitrogens is 4. The number of benzene rings is 3. The van der Waals surface area contributed by atoms with Crippen molar-refractivity contribution in [3.8, 4) is 17.1 Å². The van der Waals surface area contributed by atoms with Gasteiger partial charge in [0.2, 0.25) is 11.7 Å². The van der Waals surface area contributed by atoms with E-state index in [9.17, 15) is 9.18 Å². The summed E-state index contributed by atoms with van der Waals surface area (Å²) in [4.78, 5) is 22.3. The largest absolute Gasteiger partial charge is 0.338 e. The third-order valence-electron chi connectivity index (χ3n) is 4.65. The average molecular weight is 430 g/mol. The minimum atomic E-state index is -0.329. The first-order chi connectivity index (χ1) is 15.2. The smallest absolute Gasteiger partial charge is 0.266 e. The van der Waals surface area contributed by atoms with E-state index in [1.165, 1.54) is 23.9 Å². The summed E-state index contributed by atoms with van der Waals surface area (Å²) >= 11 is 1.33. The fraction of sp³-hybridized carbons (Fsp3) is 0.0435. The van der Waals surface area contributed by atoms with Gasteiger partial charge in [0, 0.05) is 5.56 Å². The first kappa shape index (κ1) is 19.2. The molecule has 0 saturated heterocycles. The van der Waals surface area contributed by atoms with Crippen LogP contribution in [-0.2, 0) is 5.75 Å². The van der Waals surface area contributed by atoms with Crippen LogP contribution in [0.4, 0.5) is 4.39 Å². The molecular formula is C23H15FN4O2S. The van der Waals surface area contributed by atoms with Gasteiger partial charge in [-0.05, 0) is 48.5 Å². The van der Waals surface area contributed by atoms with Crippen LogP contribution in [0.5, 0.6) is 0 Å². The summed E-state index contributed by atoms with van der Waals surface area (Å²) in [5.41, 5.74) is 1.87. The minimum absolute atomic E-state index is 0.142. The molecule has 3 aromatic carbocycles. The van der Waals surface area contributed by atoms with Gasteiger partial charge in [-0.2, -0.15) is 4.98 Å². The highest BCUT2D eigenvalue weighted by molar-refractivity contribution is 7.98. The molecule has 0 bridgehead atoms. The van der Waals surface area contributed by atoms with Crippen molar-refractivity contribution in [2.45, 2.75) is 10.9 Å². The Hall–Kier alpha value is -3.78. The number of fused-ring (bicyclic) bond motifs is 1. The van der Waals surface area contributed by atoms with Gasteiger partial charge in [0.05, 0.1) is 22.3 Å². The van der Waals surface area contributed by atoms with Gasteiger partial charge in [-0.1, -0.05) is 47.3 Å². The topological polar surface area (TPSA) is 73.8 Å². The lowest BCUT2D eigenvalue weighted by Crippen LogP contribution is -2.21. The second kappa shape index (κ2) is 8.16. The molecule has 0 spiro atoms. The Bertz CT molecular complexity index is 1420. The zero-order valence-electron chi connectivity index (χ0n) is 16.1. The number of nitrogens with zero attached hydrogens (tertiary/aromatic N) is 4.